The third-order valence-corrected chi connectivity index (χ3v) is 5.50. The fourth-order valence-electron chi connectivity index (χ4n) is 1.23. The Kier molecular flexibility index (Phi) is 4.69. The fourth-order valence-corrected chi connectivity index (χ4v) is 3.83. The lowest BCUT2D eigenvalue weighted by atomic mass is 10.1. The van der Waals surface area contributed by atoms with Crippen molar-refractivity contribution >= 4 is 21.4 Å². The molecule has 17 heavy (non-hydrogen) atoms. The molecule has 1 heterocycles. The summed E-state index contributed by atoms with van der Waals surface area (Å²) >= 11 is 1.24. The van der Waals surface area contributed by atoms with E-state index in [0.29, 0.717) is 0 Å². The minimum Gasteiger partial charge on any atom is -0.206 e. The Balaban J connectivity index is 2.93. The van der Waals surface area contributed by atoms with Crippen LogP contribution in [0.25, 0.3) is 0 Å². The molecule has 0 aliphatic rings. The van der Waals surface area contributed by atoms with E-state index in [-0.39, 0.29) is 10.1 Å². The van der Waals surface area contributed by atoms with Crippen LogP contribution in [0, 0.1) is 17.2 Å². The van der Waals surface area contributed by atoms with Crippen molar-refractivity contribution in [2.24, 2.45) is 5.92 Å². The molecule has 1 aromatic heterocycles. The number of nitrogens with one attached hydrogen (secondary N) is 1. The summed E-state index contributed by atoms with van der Waals surface area (Å²) < 4.78 is 26.7. The summed E-state index contributed by atoms with van der Waals surface area (Å²) in [6, 6.07) is 4.66. The van der Waals surface area contributed by atoms with Crippen molar-refractivity contribution in [1.29, 1.82) is 5.26 Å². The van der Waals surface area contributed by atoms with E-state index in [4.69, 9.17) is 5.26 Å². The van der Waals surface area contributed by atoms with Gasteiger partial charge in [-0.1, -0.05) is 20.8 Å². The Morgan fingerprint density at radius 2 is 2.12 bits per heavy atom. The number of nitriles is 1. The van der Waals surface area contributed by atoms with Crippen LogP contribution in [-0.4, -0.2) is 14.5 Å². The van der Waals surface area contributed by atoms with Crippen molar-refractivity contribution in [2.75, 3.05) is 0 Å². The maximum atomic E-state index is 12.0. The Labute approximate surface area is 106 Å². The number of aryl methyl sites for hydroxylation is 1. The third kappa shape index (κ3) is 3.53. The maximum Gasteiger partial charge on any atom is 0.251 e. The van der Waals surface area contributed by atoms with E-state index in [9.17, 15) is 8.42 Å². The second-order valence-electron chi connectivity index (χ2n) is 4.05. The van der Waals surface area contributed by atoms with Crippen molar-refractivity contribution in [2.45, 2.75) is 37.4 Å². The first-order valence-electron chi connectivity index (χ1n) is 5.41. The van der Waals surface area contributed by atoms with Gasteiger partial charge in [-0.05, 0) is 24.5 Å². The van der Waals surface area contributed by atoms with Crippen molar-refractivity contribution in [3.05, 3.63) is 17.0 Å². The lowest BCUT2D eigenvalue weighted by Crippen LogP contribution is -2.36. The summed E-state index contributed by atoms with van der Waals surface area (Å²) in [5, 5.41) is 8.88. The molecule has 0 saturated carbocycles. The number of nitrogens with zero attached hydrogens (tertiary/aromatic N) is 1. The maximum absolute atomic E-state index is 12.0. The summed E-state index contributed by atoms with van der Waals surface area (Å²) in [5.41, 5.74) is 0. The first kappa shape index (κ1) is 14.2. The number of rotatable bonds is 5. The van der Waals surface area contributed by atoms with Crippen molar-refractivity contribution in [1.82, 2.24) is 4.72 Å². The number of thiophene rings is 1. The molecule has 1 rings (SSSR count). The van der Waals surface area contributed by atoms with E-state index in [2.05, 4.69) is 4.72 Å². The Morgan fingerprint density at radius 1 is 1.47 bits per heavy atom. The molecule has 1 unspecified atom stereocenters. The second-order valence-corrected chi connectivity index (χ2v) is 7.16. The fraction of sp³-hybridized carbons (Fsp3) is 0.545. The molecule has 4 nitrogen and oxygen atoms in total. The predicted molar refractivity (Wildman–Crippen MR) is 68.3 cm³/mol. The van der Waals surface area contributed by atoms with Gasteiger partial charge in [0.05, 0.1) is 6.07 Å². The van der Waals surface area contributed by atoms with Gasteiger partial charge in [0, 0.05) is 4.88 Å². The lowest BCUT2D eigenvalue weighted by Gasteiger charge is -2.14. The molecule has 0 fully saturated rings. The first-order valence-corrected chi connectivity index (χ1v) is 7.71. The summed E-state index contributed by atoms with van der Waals surface area (Å²) in [6.07, 6.45) is 0.812. The Hall–Kier alpha value is -0.900. The number of hydrogen-bond donors (Lipinski definition) is 1. The highest BCUT2D eigenvalue weighted by molar-refractivity contribution is 7.91. The van der Waals surface area contributed by atoms with Crippen LogP contribution < -0.4 is 4.72 Å². The number of hydrogen-bond acceptors (Lipinski definition) is 4. The molecular formula is C11H16N2O2S2. The van der Waals surface area contributed by atoms with Crippen molar-refractivity contribution in [3.63, 3.8) is 0 Å². The molecule has 1 N–H and O–H groups in total. The molecule has 0 bridgehead atoms. The van der Waals surface area contributed by atoms with Gasteiger partial charge in [0.15, 0.2) is 0 Å². The van der Waals surface area contributed by atoms with E-state index >= 15 is 0 Å². The van der Waals surface area contributed by atoms with Gasteiger partial charge in [-0.3, -0.25) is 0 Å². The average molecular weight is 272 g/mol. The highest BCUT2D eigenvalue weighted by atomic mass is 32.2. The molecule has 0 saturated heterocycles. The van der Waals surface area contributed by atoms with Gasteiger partial charge in [-0.15, -0.1) is 11.3 Å². The zero-order valence-electron chi connectivity index (χ0n) is 10.1. The van der Waals surface area contributed by atoms with Gasteiger partial charge in [-0.2, -0.15) is 9.98 Å². The van der Waals surface area contributed by atoms with Crippen LogP contribution in [-0.2, 0) is 16.4 Å². The minimum absolute atomic E-state index is 0.0552. The molecule has 0 radical (unpaired) electrons. The second kappa shape index (κ2) is 5.63. The molecule has 1 aromatic rings. The molecule has 6 heteroatoms. The predicted octanol–water partition coefficient (Wildman–Crippen LogP) is 2.14. The highest BCUT2D eigenvalue weighted by Gasteiger charge is 2.23. The van der Waals surface area contributed by atoms with Crippen LogP contribution in [0.5, 0.6) is 0 Å². The molecule has 0 aliphatic heterocycles. The van der Waals surface area contributed by atoms with Gasteiger partial charge >= 0.3 is 0 Å². The summed E-state index contributed by atoms with van der Waals surface area (Å²) in [6.45, 7) is 5.59. The minimum atomic E-state index is -3.56. The molecule has 94 valence electrons. The lowest BCUT2D eigenvalue weighted by molar-refractivity contribution is 0.516. The Bertz CT molecular complexity index is 512. The van der Waals surface area contributed by atoms with Crippen LogP contribution in [0.3, 0.4) is 0 Å². The molecule has 0 amide bonds. The SMILES string of the molecule is CCc1ccc(S(=O)(=O)NC(C#N)C(C)C)s1. The number of sulfonamides is 1. The van der Waals surface area contributed by atoms with E-state index < -0.39 is 16.1 Å². The molecule has 0 aromatic carbocycles. The monoisotopic (exact) mass is 272 g/mol. The van der Waals surface area contributed by atoms with Crippen LogP contribution in [0.2, 0.25) is 0 Å². The van der Waals surface area contributed by atoms with Crippen LogP contribution >= 0.6 is 11.3 Å². The van der Waals surface area contributed by atoms with Crippen LogP contribution in [0.1, 0.15) is 25.6 Å². The highest BCUT2D eigenvalue weighted by Crippen LogP contribution is 2.22. The van der Waals surface area contributed by atoms with E-state index in [1.54, 1.807) is 12.1 Å². The molecule has 0 spiro atoms. The summed E-state index contributed by atoms with van der Waals surface area (Å²) in [4.78, 5) is 1.02. The van der Waals surface area contributed by atoms with Gasteiger partial charge in [0.25, 0.3) is 10.0 Å². The van der Waals surface area contributed by atoms with Gasteiger partial charge in [-0.25, -0.2) is 8.42 Å². The smallest absolute Gasteiger partial charge is 0.206 e. The van der Waals surface area contributed by atoms with Crippen molar-refractivity contribution in [3.8, 4) is 6.07 Å². The van der Waals surface area contributed by atoms with Crippen molar-refractivity contribution < 1.29 is 8.42 Å². The third-order valence-electron chi connectivity index (χ3n) is 2.34. The zero-order valence-corrected chi connectivity index (χ0v) is 11.7. The van der Waals surface area contributed by atoms with Crippen LogP contribution in [0.4, 0.5) is 0 Å². The van der Waals surface area contributed by atoms with Gasteiger partial charge < -0.3 is 0 Å². The quantitative estimate of drug-likeness (QED) is 0.892. The normalized spacial score (nSPS) is 13.6. The topological polar surface area (TPSA) is 70.0 Å². The Morgan fingerprint density at radius 3 is 2.53 bits per heavy atom. The molecular weight excluding hydrogens is 256 g/mol. The zero-order chi connectivity index (χ0) is 13.1. The summed E-state index contributed by atoms with van der Waals surface area (Å²) in [7, 11) is -3.56. The summed E-state index contributed by atoms with van der Waals surface area (Å²) in [5.74, 6) is -0.0552. The van der Waals surface area contributed by atoms with Gasteiger partial charge in [0.1, 0.15) is 10.3 Å². The molecule has 1 atom stereocenters. The largest absolute Gasteiger partial charge is 0.251 e. The molecule has 0 aliphatic carbocycles. The first-order chi connectivity index (χ1) is 7.90. The van der Waals surface area contributed by atoms with E-state index in [0.717, 1.165) is 11.3 Å². The van der Waals surface area contributed by atoms with E-state index in [1.165, 1.54) is 11.3 Å². The van der Waals surface area contributed by atoms with Crippen LogP contribution in [0.15, 0.2) is 16.3 Å². The van der Waals surface area contributed by atoms with E-state index in [1.807, 2.05) is 26.8 Å². The standard InChI is InChI=1S/C11H16N2O2S2/c1-4-9-5-6-11(16-9)17(14,15)13-10(7-12)8(2)3/h5-6,8,10,13H,4H2,1-3H3. The van der Waals surface area contributed by atoms with Gasteiger partial charge in [0.2, 0.25) is 0 Å². The average Bonchev–Trinajstić information content (AvgIpc) is 2.74.